The summed E-state index contributed by atoms with van der Waals surface area (Å²) in [4.78, 5) is 4.09. The maximum absolute atomic E-state index is 9.89. The van der Waals surface area contributed by atoms with Gasteiger partial charge in [-0.2, -0.15) is 0 Å². The topological polar surface area (TPSA) is 63.3 Å². The zero-order valence-corrected chi connectivity index (χ0v) is 9.45. The minimum atomic E-state index is -1.06. The molecule has 0 aliphatic heterocycles. The van der Waals surface area contributed by atoms with Crippen molar-refractivity contribution < 1.29 is 5.11 Å². The van der Waals surface area contributed by atoms with Crippen LogP contribution < -0.4 is 0 Å². The fourth-order valence-electron chi connectivity index (χ4n) is 1.45. The summed E-state index contributed by atoms with van der Waals surface area (Å²) in [6.45, 7) is 5.09. The minimum absolute atomic E-state index is 0.370. The molecule has 80 valence electrons. The Balaban J connectivity index is 2.81. The maximum atomic E-state index is 9.89. The second kappa shape index (κ2) is 3.15. The normalized spacial score (nSPS) is 12.3. The van der Waals surface area contributed by atoms with Gasteiger partial charge < -0.3 is 5.11 Å². The van der Waals surface area contributed by atoms with Crippen molar-refractivity contribution >= 4 is 17.2 Å². The number of fused-ring (bicyclic) bond motifs is 1. The van der Waals surface area contributed by atoms with Crippen LogP contribution in [0.4, 0.5) is 0 Å². The molecule has 0 saturated carbocycles. The van der Waals surface area contributed by atoms with Crippen LogP contribution in [0.5, 0.6) is 0 Å². The number of aromatic nitrogens is 4. The zero-order valence-electron chi connectivity index (χ0n) is 8.69. The average molecular weight is 227 g/mol. The highest BCUT2D eigenvalue weighted by molar-refractivity contribution is 6.29. The Morgan fingerprint density at radius 3 is 2.67 bits per heavy atom. The van der Waals surface area contributed by atoms with Gasteiger partial charge in [0.25, 0.3) is 0 Å². The largest absolute Gasteiger partial charge is 0.382 e. The first-order valence-electron chi connectivity index (χ1n) is 4.51. The van der Waals surface area contributed by atoms with Gasteiger partial charge in [-0.15, -0.1) is 10.2 Å². The van der Waals surface area contributed by atoms with Gasteiger partial charge in [-0.05, 0) is 20.8 Å². The van der Waals surface area contributed by atoms with Gasteiger partial charge in [-0.25, -0.2) is 4.98 Å². The number of nitrogens with zero attached hydrogens (tertiary/aromatic N) is 4. The first-order chi connectivity index (χ1) is 6.89. The Labute approximate surface area is 91.7 Å². The maximum Gasteiger partial charge on any atom is 0.170 e. The highest BCUT2D eigenvalue weighted by atomic mass is 35.5. The van der Waals surface area contributed by atoms with Crippen molar-refractivity contribution in [1.82, 2.24) is 19.6 Å². The Hall–Kier alpha value is -1.20. The molecule has 0 aliphatic rings. The van der Waals surface area contributed by atoms with E-state index < -0.39 is 5.60 Å². The third-order valence-corrected chi connectivity index (χ3v) is 2.27. The van der Waals surface area contributed by atoms with E-state index in [1.807, 2.05) is 0 Å². The summed E-state index contributed by atoms with van der Waals surface area (Å²) in [6, 6.07) is 1.61. The molecule has 0 saturated heterocycles. The van der Waals surface area contributed by atoms with E-state index in [1.54, 1.807) is 31.2 Å². The lowest BCUT2D eigenvalue weighted by molar-refractivity contribution is 0.0673. The smallest absolute Gasteiger partial charge is 0.170 e. The van der Waals surface area contributed by atoms with Gasteiger partial charge in [-0.3, -0.25) is 4.40 Å². The molecule has 0 atom stereocenters. The molecule has 1 N–H and O–H groups in total. The zero-order chi connectivity index (χ0) is 11.2. The van der Waals surface area contributed by atoms with Crippen LogP contribution in [0.3, 0.4) is 0 Å². The Kier molecular flexibility index (Phi) is 2.17. The van der Waals surface area contributed by atoms with Crippen LogP contribution in [0.1, 0.15) is 25.5 Å². The molecule has 0 aromatic carbocycles. The molecule has 0 amide bonds. The first-order valence-corrected chi connectivity index (χ1v) is 4.88. The van der Waals surface area contributed by atoms with Gasteiger partial charge in [0.1, 0.15) is 16.6 Å². The molecule has 2 rings (SSSR count). The first kappa shape index (κ1) is 10.3. The summed E-state index contributed by atoms with van der Waals surface area (Å²) >= 11 is 5.79. The lowest BCUT2D eigenvalue weighted by atomic mass is 10.1. The van der Waals surface area contributed by atoms with Crippen LogP contribution in [0, 0.1) is 6.92 Å². The van der Waals surface area contributed by atoms with E-state index >= 15 is 0 Å². The molecular weight excluding hydrogens is 216 g/mol. The van der Waals surface area contributed by atoms with Crippen LogP contribution in [0.2, 0.25) is 5.15 Å². The number of rotatable bonds is 1. The molecule has 2 heterocycles. The second-order valence-corrected chi connectivity index (χ2v) is 4.29. The van der Waals surface area contributed by atoms with Crippen LogP contribution in [0.25, 0.3) is 5.65 Å². The molecule has 0 spiro atoms. The average Bonchev–Trinajstić information content (AvgIpc) is 2.45. The van der Waals surface area contributed by atoms with Crippen LogP contribution >= 0.6 is 11.6 Å². The number of aliphatic hydroxyl groups is 1. The van der Waals surface area contributed by atoms with Crippen molar-refractivity contribution in [2.75, 3.05) is 0 Å². The third kappa shape index (κ3) is 1.68. The second-order valence-electron chi connectivity index (χ2n) is 3.90. The van der Waals surface area contributed by atoms with E-state index in [0.29, 0.717) is 22.4 Å². The minimum Gasteiger partial charge on any atom is -0.382 e. The Morgan fingerprint density at radius 2 is 2.07 bits per heavy atom. The van der Waals surface area contributed by atoms with Crippen molar-refractivity contribution in [3.63, 3.8) is 0 Å². The van der Waals surface area contributed by atoms with Crippen molar-refractivity contribution in [3.05, 3.63) is 22.9 Å². The molecule has 6 heteroatoms. The highest BCUT2D eigenvalue weighted by Gasteiger charge is 2.24. The SMILES string of the molecule is Cc1nc(Cl)cc2nnc(C(C)(C)O)n12. The fraction of sp³-hybridized carbons (Fsp3) is 0.444. The van der Waals surface area contributed by atoms with E-state index in [9.17, 15) is 5.11 Å². The predicted octanol–water partition coefficient (Wildman–Crippen LogP) is 1.31. The highest BCUT2D eigenvalue weighted by Crippen LogP contribution is 2.20. The Bertz CT molecular complexity index is 515. The van der Waals surface area contributed by atoms with E-state index in [1.165, 1.54) is 0 Å². The van der Waals surface area contributed by atoms with E-state index in [2.05, 4.69) is 15.2 Å². The third-order valence-electron chi connectivity index (χ3n) is 2.08. The van der Waals surface area contributed by atoms with Gasteiger partial charge >= 0.3 is 0 Å². The Morgan fingerprint density at radius 1 is 1.40 bits per heavy atom. The summed E-state index contributed by atoms with van der Waals surface area (Å²) in [5.41, 5.74) is -0.468. The summed E-state index contributed by atoms with van der Waals surface area (Å²) in [6.07, 6.45) is 0. The van der Waals surface area contributed by atoms with Gasteiger partial charge in [0.2, 0.25) is 0 Å². The van der Waals surface area contributed by atoms with Crippen LogP contribution in [-0.4, -0.2) is 24.7 Å². The van der Waals surface area contributed by atoms with Crippen molar-refractivity contribution in [2.24, 2.45) is 0 Å². The van der Waals surface area contributed by atoms with Crippen molar-refractivity contribution in [1.29, 1.82) is 0 Å². The van der Waals surface area contributed by atoms with Crippen molar-refractivity contribution in [2.45, 2.75) is 26.4 Å². The number of aryl methyl sites for hydroxylation is 1. The number of hydrogen-bond donors (Lipinski definition) is 1. The van der Waals surface area contributed by atoms with E-state index in [0.717, 1.165) is 0 Å². The van der Waals surface area contributed by atoms with Crippen LogP contribution in [0.15, 0.2) is 6.07 Å². The molecule has 0 radical (unpaired) electrons. The number of hydrogen-bond acceptors (Lipinski definition) is 4. The molecular formula is C9H11ClN4O. The molecule has 5 nitrogen and oxygen atoms in total. The summed E-state index contributed by atoms with van der Waals surface area (Å²) in [5.74, 6) is 1.11. The molecule has 0 aliphatic carbocycles. The van der Waals surface area contributed by atoms with E-state index in [-0.39, 0.29) is 0 Å². The molecule has 2 aromatic rings. The lowest BCUT2D eigenvalue weighted by Crippen LogP contribution is -2.20. The monoisotopic (exact) mass is 226 g/mol. The summed E-state index contributed by atoms with van der Waals surface area (Å²) in [7, 11) is 0. The fourth-order valence-corrected chi connectivity index (χ4v) is 1.67. The molecule has 0 bridgehead atoms. The summed E-state index contributed by atoms with van der Waals surface area (Å²) < 4.78 is 1.69. The van der Waals surface area contributed by atoms with Gasteiger partial charge in [-0.1, -0.05) is 11.6 Å². The molecule has 2 aromatic heterocycles. The molecule has 0 fully saturated rings. The summed E-state index contributed by atoms with van der Waals surface area (Å²) in [5, 5.41) is 18.1. The molecule has 15 heavy (non-hydrogen) atoms. The van der Waals surface area contributed by atoms with Crippen LogP contribution in [-0.2, 0) is 5.60 Å². The molecule has 0 unspecified atom stereocenters. The lowest BCUT2D eigenvalue weighted by Gasteiger charge is -2.15. The van der Waals surface area contributed by atoms with Crippen molar-refractivity contribution in [3.8, 4) is 0 Å². The van der Waals surface area contributed by atoms with E-state index in [4.69, 9.17) is 11.6 Å². The standard InChI is InChI=1S/C9H11ClN4O/c1-5-11-6(10)4-7-12-13-8(14(5)7)9(2,3)15/h4,15H,1-3H3. The predicted molar refractivity (Wildman–Crippen MR) is 55.8 cm³/mol. The van der Waals surface area contributed by atoms with Gasteiger partial charge in [0, 0.05) is 6.07 Å². The van der Waals surface area contributed by atoms with Gasteiger partial charge in [0.05, 0.1) is 0 Å². The number of halogens is 1. The quantitative estimate of drug-likeness (QED) is 0.745. The van der Waals surface area contributed by atoms with Gasteiger partial charge in [0.15, 0.2) is 11.5 Å².